The smallest absolute Gasteiger partial charge is 0.321 e. The van der Waals surface area contributed by atoms with Gasteiger partial charge in [-0.25, -0.2) is 4.79 Å². The first-order valence-electron chi connectivity index (χ1n) is 10.5. The fourth-order valence-corrected chi connectivity index (χ4v) is 3.86. The zero-order chi connectivity index (χ0) is 19.8. The second-order valence-electron chi connectivity index (χ2n) is 8.45. The van der Waals surface area contributed by atoms with Crippen molar-refractivity contribution in [3.63, 3.8) is 0 Å². The largest absolute Gasteiger partial charge is 0.353 e. The Bertz CT molecular complexity index is 517. The summed E-state index contributed by atoms with van der Waals surface area (Å²) in [7, 11) is 0. The maximum Gasteiger partial charge on any atom is 0.321 e. The van der Waals surface area contributed by atoms with Crippen LogP contribution in [0.4, 0.5) is 4.79 Å². The monoisotopic (exact) mass is 380 g/mol. The van der Waals surface area contributed by atoms with E-state index in [9.17, 15) is 14.4 Å². The molecule has 7 nitrogen and oxygen atoms in total. The molecule has 1 heterocycles. The van der Waals surface area contributed by atoms with Gasteiger partial charge in [-0.15, -0.1) is 0 Å². The molecule has 2 aliphatic rings. The van der Waals surface area contributed by atoms with Crippen molar-refractivity contribution in [2.45, 2.75) is 77.8 Å². The normalized spacial score (nSPS) is 22.9. The topological polar surface area (TPSA) is 90.5 Å². The molecule has 0 aromatic heterocycles. The van der Waals surface area contributed by atoms with E-state index in [4.69, 9.17) is 0 Å². The third-order valence-corrected chi connectivity index (χ3v) is 5.61. The summed E-state index contributed by atoms with van der Waals surface area (Å²) in [5, 5.41) is 8.31. The highest BCUT2D eigenvalue weighted by atomic mass is 16.2. The van der Waals surface area contributed by atoms with Crippen molar-refractivity contribution in [1.82, 2.24) is 20.9 Å². The molecule has 0 aromatic carbocycles. The second-order valence-corrected chi connectivity index (χ2v) is 8.45. The SMILES string of the molecule is CC(C)CNC(=O)NC(=O)C(C)N1CCCC(C(=O)NC2CCCCC2)C1. The van der Waals surface area contributed by atoms with Gasteiger partial charge in [0.2, 0.25) is 11.8 Å². The number of imide groups is 1. The van der Waals surface area contributed by atoms with E-state index in [1.54, 1.807) is 6.92 Å². The molecule has 4 amide bonds. The van der Waals surface area contributed by atoms with E-state index in [0.29, 0.717) is 25.0 Å². The van der Waals surface area contributed by atoms with Crippen molar-refractivity contribution in [3.8, 4) is 0 Å². The molecule has 3 N–H and O–H groups in total. The van der Waals surface area contributed by atoms with E-state index in [0.717, 1.165) is 32.2 Å². The first kappa shape index (κ1) is 21.7. The van der Waals surface area contributed by atoms with Crippen LogP contribution in [0.15, 0.2) is 0 Å². The Morgan fingerprint density at radius 1 is 1.00 bits per heavy atom. The molecule has 27 heavy (non-hydrogen) atoms. The lowest BCUT2D eigenvalue weighted by Gasteiger charge is -2.36. The Balaban J connectivity index is 1.80. The van der Waals surface area contributed by atoms with Crippen molar-refractivity contribution in [2.24, 2.45) is 11.8 Å². The summed E-state index contributed by atoms with van der Waals surface area (Å²) in [4.78, 5) is 38.8. The van der Waals surface area contributed by atoms with E-state index in [1.165, 1.54) is 19.3 Å². The van der Waals surface area contributed by atoms with Gasteiger partial charge >= 0.3 is 6.03 Å². The highest BCUT2D eigenvalue weighted by Gasteiger charge is 2.32. The molecule has 154 valence electrons. The lowest BCUT2D eigenvalue weighted by atomic mass is 9.92. The highest BCUT2D eigenvalue weighted by Crippen LogP contribution is 2.21. The number of piperidine rings is 1. The van der Waals surface area contributed by atoms with E-state index in [1.807, 2.05) is 18.7 Å². The number of carbonyl (C=O) groups excluding carboxylic acids is 3. The third-order valence-electron chi connectivity index (χ3n) is 5.61. The number of amides is 4. The van der Waals surface area contributed by atoms with Crippen LogP contribution >= 0.6 is 0 Å². The van der Waals surface area contributed by atoms with Gasteiger partial charge in [0, 0.05) is 19.1 Å². The van der Waals surface area contributed by atoms with Gasteiger partial charge in [-0.05, 0) is 45.1 Å². The second kappa shape index (κ2) is 10.6. The van der Waals surface area contributed by atoms with Crippen LogP contribution in [-0.4, -0.2) is 54.5 Å². The van der Waals surface area contributed by atoms with Crippen LogP contribution in [-0.2, 0) is 9.59 Å². The zero-order valence-electron chi connectivity index (χ0n) is 17.1. The Morgan fingerprint density at radius 2 is 1.70 bits per heavy atom. The average molecular weight is 381 g/mol. The molecule has 0 spiro atoms. The first-order valence-corrected chi connectivity index (χ1v) is 10.5. The molecule has 2 atom stereocenters. The van der Waals surface area contributed by atoms with E-state index >= 15 is 0 Å². The number of hydrogen-bond acceptors (Lipinski definition) is 4. The highest BCUT2D eigenvalue weighted by molar-refractivity contribution is 5.96. The molecule has 0 aromatic rings. The van der Waals surface area contributed by atoms with Crippen LogP contribution in [0.3, 0.4) is 0 Å². The minimum atomic E-state index is -0.454. The van der Waals surface area contributed by atoms with Crippen LogP contribution in [0.5, 0.6) is 0 Å². The van der Waals surface area contributed by atoms with Gasteiger partial charge in [-0.2, -0.15) is 0 Å². The number of carbonyl (C=O) groups is 3. The van der Waals surface area contributed by atoms with Crippen molar-refractivity contribution in [2.75, 3.05) is 19.6 Å². The molecule has 2 rings (SSSR count). The van der Waals surface area contributed by atoms with Crippen LogP contribution in [0.2, 0.25) is 0 Å². The molecule has 1 saturated carbocycles. The third kappa shape index (κ3) is 7.13. The predicted molar refractivity (Wildman–Crippen MR) is 105 cm³/mol. The summed E-state index contributed by atoms with van der Waals surface area (Å²) in [6, 6.07) is -0.573. The minimum Gasteiger partial charge on any atom is -0.353 e. The molecule has 0 bridgehead atoms. The maximum absolute atomic E-state index is 12.6. The standard InChI is InChI=1S/C20H36N4O3/c1-14(2)12-21-20(27)23-18(25)15(3)24-11-7-8-16(13-24)19(26)22-17-9-5-4-6-10-17/h14-17H,4-13H2,1-3H3,(H,22,26)(H2,21,23,25,27). The fraction of sp³-hybridized carbons (Fsp3) is 0.850. The summed E-state index contributed by atoms with van der Waals surface area (Å²) in [5.41, 5.74) is 0. The maximum atomic E-state index is 12.6. The molecular formula is C20H36N4O3. The summed E-state index contributed by atoms with van der Waals surface area (Å²) in [6.07, 6.45) is 7.55. The molecule has 7 heteroatoms. The molecular weight excluding hydrogens is 344 g/mol. The van der Waals surface area contributed by atoms with Crippen molar-refractivity contribution in [1.29, 1.82) is 0 Å². The van der Waals surface area contributed by atoms with E-state index in [-0.39, 0.29) is 17.7 Å². The van der Waals surface area contributed by atoms with Crippen LogP contribution in [0.1, 0.15) is 65.7 Å². The zero-order valence-corrected chi connectivity index (χ0v) is 17.1. The van der Waals surface area contributed by atoms with Crippen molar-refractivity contribution >= 4 is 17.8 Å². The molecule has 1 saturated heterocycles. The van der Waals surface area contributed by atoms with Gasteiger partial charge in [0.1, 0.15) is 0 Å². The van der Waals surface area contributed by atoms with Gasteiger partial charge in [-0.3, -0.25) is 19.8 Å². The predicted octanol–water partition coefficient (Wildman–Crippen LogP) is 2.02. The van der Waals surface area contributed by atoms with Crippen molar-refractivity contribution < 1.29 is 14.4 Å². The number of urea groups is 1. The molecule has 0 radical (unpaired) electrons. The van der Waals surface area contributed by atoms with E-state index in [2.05, 4.69) is 16.0 Å². The van der Waals surface area contributed by atoms with Gasteiger partial charge in [0.05, 0.1) is 12.0 Å². The first-order chi connectivity index (χ1) is 12.9. The molecule has 2 fully saturated rings. The Hall–Kier alpha value is -1.63. The Labute approximate surface area is 163 Å². The minimum absolute atomic E-state index is 0.0781. The molecule has 2 unspecified atom stereocenters. The van der Waals surface area contributed by atoms with Crippen LogP contribution in [0.25, 0.3) is 0 Å². The van der Waals surface area contributed by atoms with Crippen LogP contribution in [0, 0.1) is 11.8 Å². The van der Waals surface area contributed by atoms with Gasteiger partial charge in [0.25, 0.3) is 0 Å². The van der Waals surface area contributed by atoms with E-state index < -0.39 is 12.1 Å². The lowest BCUT2D eigenvalue weighted by molar-refractivity contribution is -0.131. The number of hydrogen-bond donors (Lipinski definition) is 3. The van der Waals surface area contributed by atoms with Crippen molar-refractivity contribution in [3.05, 3.63) is 0 Å². The average Bonchev–Trinajstić information content (AvgIpc) is 2.66. The van der Waals surface area contributed by atoms with Crippen LogP contribution < -0.4 is 16.0 Å². The summed E-state index contributed by atoms with van der Waals surface area (Å²) in [5.74, 6) is 0.0537. The number of nitrogens with one attached hydrogen (secondary N) is 3. The van der Waals surface area contributed by atoms with Gasteiger partial charge in [0.15, 0.2) is 0 Å². The number of likely N-dealkylation sites (tertiary alicyclic amines) is 1. The fourth-order valence-electron chi connectivity index (χ4n) is 3.86. The summed E-state index contributed by atoms with van der Waals surface area (Å²) >= 11 is 0. The Kier molecular flexibility index (Phi) is 8.54. The lowest BCUT2D eigenvalue weighted by Crippen LogP contribution is -2.54. The Morgan fingerprint density at radius 3 is 2.37 bits per heavy atom. The summed E-state index contributed by atoms with van der Waals surface area (Å²) in [6.45, 7) is 7.66. The molecule has 1 aliphatic heterocycles. The number of nitrogens with zero attached hydrogens (tertiary/aromatic N) is 1. The quantitative estimate of drug-likeness (QED) is 0.657. The van der Waals surface area contributed by atoms with Gasteiger partial charge < -0.3 is 10.6 Å². The van der Waals surface area contributed by atoms with Gasteiger partial charge in [-0.1, -0.05) is 33.1 Å². The molecule has 1 aliphatic carbocycles. The summed E-state index contributed by atoms with van der Waals surface area (Å²) < 4.78 is 0. The number of rotatable bonds is 6.